The molecule has 3 heterocycles. The SMILES string of the molecule is Cc1ccc(N2C(=O)[C@@H]3[C@H](C2=O)[C@H]2c4ccccc4C=CN2[C@@H]3C#N)cc1C. The van der Waals surface area contributed by atoms with Crippen molar-refractivity contribution < 1.29 is 9.59 Å². The van der Waals surface area contributed by atoms with E-state index in [1.807, 2.05) is 73.5 Å². The number of fused-ring (bicyclic) bond motifs is 5. The van der Waals surface area contributed by atoms with Gasteiger partial charge >= 0.3 is 0 Å². The Balaban J connectivity index is 1.63. The summed E-state index contributed by atoms with van der Waals surface area (Å²) in [6.45, 7) is 3.96. The molecule has 28 heavy (non-hydrogen) atoms. The highest BCUT2D eigenvalue weighted by Crippen LogP contribution is 2.52. The molecular formula is C23H19N3O2. The molecule has 5 rings (SSSR count). The molecule has 138 valence electrons. The van der Waals surface area contributed by atoms with Crippen LogP contribution in [0.1, 0.15) is 28.3 Å². The molecule has 0 unspecified atom stereocenters. The van der Waals surface area contributed by atoms with E-state index in [4.69, 9.17) is 0 Å². The number of carbonyl (C=O) groups excluding carboxylic acids is 2. The zero-order valence-corrected chi connectivity index (χ0v) is 15.7. The third kappa shape index (κ3) is 2.06. The smallest absolute Gasteiger partial charge is 0.240 e. The van der Waals surface area contributed by atoms with Gasteiger partial charge in [-0.3, -0.25) is 9.59 Å². The van der Waals surface area contributed by atoms with Crippen molar-refractivity contribution in [2.75, 3.05) is 4.90 Å². The number of anilines is 1. The fourth-order valence-corrected chi connectivity index (χ4v) is 4.82. The van der Waals surface area contributed by atoms with Gasteiger partial charge in [0.2, 0.25) is 11.8 Å². The molecule has 3 aliphatic rings. The second kappa shape index (κ2) is 5.80. The van der Waals surface area contributed by atoms with E-state index in [0.717, 1.165) is 22.3 Å². The summed E-state index contributed by atoms with van der Waals surface area (Å²) in [4.78, 5) is 30.0. The van der Waals surface area contributed by atoms with Crippen molar-refractivity contribution >= 4 is 23.6 Å². The van der Waals surface area contributed by atoms with Gasteiger partial charge in [-0.05, 0) is 54.3 Å². The summed E-state index contributed by atoms with van der Waals surface area (Å²) >= 11 is 0. The van der Waals surface area contributed by atoms with Gasteiger partial charge in [-0.2, -0.15) is 5.26 Å². The number of nitrogens with zero attached hydrogens (tertiary/aromatic N) is 3. The van der Waals surface area contributed by atoms with E-state index in [9.17, 15) is 14.9 Å². The first-order chi connectivity index (χ1) is 13.5. The van der Waals surface area contributed by atoms with Crippen LogP contribution in [-0.2, 0) is 9.59 Å². The molecule has 2 fully saturated rings. The van der Waals surface area contributed by atoms with Crippen LogP contribution in [0.3, 0.4) is 0 Å². The molecule has 2 aromatic carbocycles. The number of rotatable bonds is 1. The number of imide groups is 1. The normalized spacial score (nSPS) is 27.5. The van der Waals surface area contributed by atoms with E-state index in [2.05, 4.69) is 6.07 Å². The van der Waals surface area contributed by atoms with Gasteiger partial charge in [0.15, 0.2) is 0 Å². The Hall–Kier alpha value is -3.39. The third-order valence-electron chi connectivity index (χ3n) is 6.34. The van der Waals surface area contributed by atoms with Crippen molar-refractivity contribution in [3.63, 3.8) is 0 Å². The fourth-order valence-electron chi connectivity index (χ4n) is 4.82. The lowest BCUT2D eigenvalue weighted by Gasteiger charge is -2.33. The van der Waals surface area contributed by atoms with Gasteiger partial charge in [0, 0.05) is 6.20 Å². The Bertz CT molecular complexity index is 1100. The predicted octanol–water partition coefficient (Wildman–Crippen LogP) is 3.34. The predicted molar refractivity (Wildman–Crippen MR) is 105 cm³/mol. The van der Waals surface area contributed by atoms with Crippen molar-refractivity contribution in [2.24, 2.45) is 11.8 Å². The largest absolute Gasteiger partial charge is 0.353 e. The number of carbonyl (C=O) groups is 2. The molecule has 0 aliphatic carbocycles. The van der Waals surface area contributed by atoms with E-state index in [1.54, 1.807) is 0 Å². The summed E-state index contributed by atoms with van der Waals surface area (Å²) in [5, 5.41) is 9.83. The van der Waals surface area contributed by atoms with Gasteiger partial charge in [0.05, 0.1) is 29.6 Å². The highest BCUT2D eigenvalue weighted by Gasteiger charge is 2.63. The fraction of sp³-hybridized carbons (Fsp3) is 0.261. The maximum absolute atomic E-state index is 13.5. The van der Waals surface area contributed by atoms with Crippen LogP contribution in [0.15, 0.2) is 48.7 Å². The summed E-state index contributed by atoms with van der Waals surface area (Å²) < 4.78 is 0. The Labute approximate surface area is 163 Å². The van der Waals surface area contributed by atoms with Crippen molar-refractivity contribution in [1.82, 2.24) is 4.90 Å². The van der Waals surface area contributed by atoms with Gasteiger partial charge in [0.25, 0.3) is 0 Å². The van der Waals surface area contributed by atoms with E-state index < -0.39 is 17.9 Å². The van der Waals surface area contributed by atoms with Gasteiger partial charge < -0.3 is 4.90 Å². The lowest BCUT2D eigenvalue weighted by atomic mass is 9.85. The molecule has 2 aromatic rings. The van der Waals surface area contributed by atoms with Crippen molar-refractivity contribution in [3.8, 4) is 6.07 Å². The van der Waals surface area contributed by atoms with E-state index in [1.165, 1.54) is 4.90 Å². The summed E-state index contributed by atoms with van der Waals surface area (Å²) in [6.07, 6.45) is 3.81. The van der Waals surface area contributed by atoms with Crippen LogP contribution in [0.2, 0.25) is 0 Å². The lowest BCUT2D eigenvalue weighted by molar-refractivity contribution is -0.123. The summed E-state index contributed by atoms with van der Waals surface area (Å²) in [6, 6.07) is 14.8. The first kappa shape index (κ1) is 16.8. The average molecular weight is 369 g/mol. The van der Waals surface area contributed by atoms with Crippen LogP contribution in [0, 0.1) is 37.0 Å². The van der Waals surface area contributed by atoms with Crippen LogP contribution >= 0.6 is 0 Å². The molecule has 2 amide bonds. The first-order valence-electron chi connectivity index (χ1n) is 9.42. The Morgan fingerprint density at radius 2 is 1.71 bits per heavy atom. The van der Waals surface area contributed by atoms with E-state index in [0.29, 0.717) is 5.69 Å². The standard InChI is InChI=1S/C23H19N3O2/c1-13-7-8-16(11-14(13)2)26-22(27)19-18(12-24)25-10-9-15-5-3-4-6-17(15)21(25)20(19)23(26)28/h3-11,18-21H,1-2H3/t18-,19+,20+,21-/m1/s1. The van der Waals surface area contributed by atoms with Crippen LogP contribution in [0.25, 0.3) is 6.08 Å². The minimum atomic E-state index is -0.653. The third-order valence-corrected chi connectivity index (χ3v) is 6.34. The van der Waals surface area contributed by atoms with Crippen molar-refractivity contribution in [3.05, 3.63) is 70.9 Å². The Kier molecular flexibility index (Phi) is 3.47. The minimum absolute atomic E-state index is 0.212. The Morgan fingerprint density at radius 3 is 2.46 bits per heavy atom. The summed E-state index contributed by atoms with van der Waals surface area (Å²) in [7, 11) is 0. The number of aryl methyl sites for hydroxylation is 2. The molecule has 4 atom stereocenters. The Morgan fingerprint density at radius 1 is 0.964 bits per heavy atom. The van der Waals surface area contributed by atoms with Crippen molar-refractivity contribution in [1.29, 1.82) is 5.26 Å². The van der Waals surface area contributed by atoms with Gasteiger partial charge in [0.1, 0.15) is 6.04 Å². The maximum atomic E-state index is 13.5. The minimum Gasteiger partial charge on any atom is -0.353 e. The molecule has 0 bridgehead atoms. The molecule has 0 saturated carbocycles. The van der Waals surface area contributed by atoms with Crippen LogP contribution in [0.4, 0.5) is 5.69 Å². The zero-order chi connectivity index (χ0) is 19.6. The quantitative estimate of drug-likeness (QED) is 0.723. The highest BCUT2D eigenvalue weighted by atomic mass is 16.2. The molecule has 3 aliphatic heterocycles. The molecule has 0 aromatic heterocycles. The van der Waals surface area contributed by atoms with Crippen LogP contribution in [-0.4, -0.2) is 22.8 Å². The van der Waals surface area contributed by atoms with E-state index in [-0.39, 0.29) is 17.9 Å². The monoisotopic (exact) mass is 369 g/mol. The van der Waals surface area contributed by atoms with Crippen LogP contribution < -0.4 is 4.90 Å². The highest BCUT2D eigenvalue weighted by molar-refractivity contribution is 6.23. The van der Waals surface area contributed by atoms with Gasteiger partial charge in [-0.1, -0.05) is 30.3 Å². The average Bonchev–Trinajstić information content (AvgIpc) is 3.17. The number of hydrogen-bond acceptors (Lipinski definition) is 4. The summed E-state index contributed by atoms with van der Waals surface area (Å²) in [5.41, 5.74) is 4.76. The number of nitriles is 1. The van der Waals surface area contributed by atoms with Crippen molar-refractivity contribution in [2.45, 2.75) is 25.9 Å². The topological polar surface area (TPSA) is 64.4 Å². The lowest BCUT2D eigenvalue weighted by Crippen LogP contribution is -2.40. The molecule has 5 heteroatoms. The van der Waals surface area contributed by atoms with Crippen LogP contribution in [0.5, 0.6) is 0 Å². The maximum Gasteiger partial charge on any atom is 0.240 e. The molecule has 0 N–H and O–H groups in total. The molecule has 2 saturated heterocycles. The number of amides is 2. The molecular weight excluding hydrogens is 350 g/mol. The first-order valence-corrected chi connectivity index (χ1v) is 9.42. The van der Waals surface area contributed by atoms with Gasteiger partial charge in [-0.25, -0.2) is 4.90 Å². The van der Waals surface area contributed by atoms with E-state index >= 15 is 0 Å². The second-order valence-electron chi connectivity index (χ2n) is 7.74. The summed E-state index contributed by atoms with van der Waals surface area (Å²) in [5.74, 6) is -1.69. The number of benzene rings is 2. The van der Waals surface area contributed by atoms with Gasteiger partial charge in [-0.15, -0.1) is 0 Å². The molecule has 0 spiro atoms. The zero-order valence-electron chi connectivity index (χ0n) is 15.7. The molecule has 5 nitrogen and oxygen atoms in total. The second-order valence-corrected chi connectivity index (χ2v) is 7.74. The molecule has 0 radical (unpaired) electrons. The number of hydrogen-bond donors (Lipinski definition) is 0.